The van der Waals surface area contributed by atoms with E-state index in [0.29, 0.717) is 24.4 Å². The molecule has 196 valence electrons. The SMILES string of the molecule is CC(Cn1ccc(-c2cc(F)c(C#N)c(Cl)c2)n1)NC(=O)c1cn(COCC[Si](C)(C)C)c(C(N)=O)n1. The van der Waals surface area contributed by atoms with Gasteiger partial charge in [0.1, 0.15) is 29.9 Å². The molecule has 0 radical (unpaired) electrons. The van der Waals surface area contributed by atoms with Crippen LogP contribution in [0.2, 0.25) is 30.7 Å². The molecule has 0 fully saturated rings. The number of carbonyl (C=O) groups excluding carboxylic acids is 2. The maximum Gasteiger partial charge on any atom is 0.284 e. The van der Waals surface area contributed by atoms with Gasteiger partial charge < -0.3 is 20.4 Å². The maximum atomic E-state index is 14.1. The number of imidazole rings is 1. The second-order valence-electron chi connectivity index (χ2n) is 9.86. The lowest BCUT2D eigenvalue weighted by atomic mass is 10.1. The Bertz CT molecular complexity index is 1320. The molecule has 10 nitrogen and oxygen atoms in total. The molecule has 0 aliphatic carbocycles. The summed E-state index contributed by atoms with van der Waals surface area (Å²) in [6.45, 7) is 9.40. The van der Waals surface area contributed by atoms with Gasteiger partial charge in [-0.15, -0.1) is 0 Å². The molecule has 3 rings (SSSR count). The quantitative estimate of drug-likeness (QED) is 0.278. The average molecular weight is 546 g/mol. The zero-order chi connectivity index (χ0) is 27.3. The summed E-state index contributed by atoms with van der Waals surface area (Å²) in [5.41, 5.74) is 6.13. The van der Waals surface area contributed by atoms with Crippen molar-refractivity contribution in [2.24, 2.45) is 5.73 Å². The van der Waals surface area contributed by atoms with Crippen LogP contribution in [0.25, 0.3) is 11.3 Å². The van der Waals surface area contributed by atoms with E-state index in [9.17, 15) is 14.0 Å². The van der Waals surface area contributed by atoms with Crippen molar-refractivity contribution >= 4 is 31.5 Å². The van der Waals surface area contributed by atoms with Crippen LogP contribution >= 0.6 is 11.6 Å². The highest BCUT2D eigenvalue weighted by atomic mass is 35.5. The molecule has 0 aliphatic heterocycles. The summed E-state index contributed by atoms with van der Waals surface area (Å²) in [5, 5.41) is 16.2. The first kappa shape index (κ1) is 28.0. The van der Waals surface area contributed by atoms with Gasteiger partial charge in [-0.3, -0.25) is 14.3 Å². The predicted octanol–water partition coefficient (Wildman–Crippen LogP) is 3.64. The molecule has 3 aromatic rings. The number of benzene rings is 1. The molecule has 0 aliphatic rings. The lowest BCUT2D eigenvalue weighted by Gasteiger charge is -2.15. The van der Waals surface area contributed by atoms with E-state index in [2.05, 4.69) is 35.0 Å². The highest BCUT2D eigenvalue weighted by molar-refractivity contribution is 6.76. The van der Waals surface area contributed by atoms with Crippen LogP contribution in [0.5, 0.6) is 0 Å². The Morgan fingerprint density at radius 3 is 2.70 bits per heavy atom. The number of nitrogens with one attached hydrogen (secondary N) is 1. The number of carbonyl (C=O) groups is 2. The summed E-state index contributed by atoms with van der Waals surface area (Å²) in [7, 11) is -1.27. The van der Waals surface area contributed by atoms with Gasteiger partial charge in [-0.25, -0.2) is 9.37 Å². The third kappa shape index (κ3) is 7.48. The molecule has 3 N–H and O–H groups in total. The maximum absolute atomic E-state index is 14.1. The third-order valence-electron chi connectivity index (χ3n) is 5.39. The molecule has 0 saturated heterocycles. The molecule has 1 unspecified atom stereocenters. The molecule has 2 amide bonds. The van der Waals surface area contributed by atoms with E-state index < -0.39 is 25.7 Å². The predicted molar refractivity (Wildman–Crippen MR) is 139 cm³/mol. The molecule has 0 bridgehead atoms. The summed E-state index contributed by atoms with van der Waals surface area (Å²) in [6.07, 6.45) is 3.12. The number of halogens is 2. The van der Waals surface area contributed by atoms with Crippen LogP contribution in [-0.2, 0) is 18.0 Å². The fourth-order valence-corrected chi connectivity index (χ4v) is 4.44. The van der Waals surface area contributed by atoms with E-state index >= 15 is 0 Å². The monoisotopic (exact) mass is 545 g/mol. The number of nitriles is 1. The van der Waals surface area contributed by atoms with Gasteiger partial charge in [0.25, 0.3) is 11.8 Å². The fourth-order valence-electron chi connectivity index (χ4n) is 3.43. The Kier molecular flexibility index (Phi) is 8.85. The number of aromatic nitrogens is 4. The minimum absolute atomic E-state index is 0.00361. The lowest BCUT2D eigenvalue weighted by Crippen LogP contribution is -2.36. The van der Waals surface area contributed by atoms with Crippen LogP contribution in [-0.4, -0.2) is 51.9 Å². The highest BCUT2D eigenvalue weighted by Gasteiger charge is 2.20. The first-order chi connectivity index (χ1) is 17.4. The number of hydrogen-bond acceptors (Lipinski definition) is 6. The number of amides is 2. The first-order valence-corrected chi connectivity index (χ1v) is 15.6. The van der Waals surface area contributed by atoms with Gasteiger partial charge in [-0.05, 0) is 31.2 Å². The van der Waals surface area contributed by atoms with Crippen LogP contribution in [0, 0.1) is 17.1 Å². The van der Waals surface area contributed by atoms with E-state index in [0.717, 1.165) is 6.04 Å². The Hall–Kier alpha value is -3.53. The van der Waals surface area contributed by atoms with E-state index in [1.807, 2.05) is 0 Å². The normalized spacial score (nSPS) is 12.2. The van der Waals surface area contributed by atoms with Crippen LogP contribution in [0.15, 0.2) is 30.6 Å². The Morgan fingerprint density at radius 1 is 1.35 bits per heavy atom. The molecule has 1 aromatic carbocycles. The van der Waals surface area contributed by atoms with Crippen molar-refractivity contribution in [3.8, 4) is 17.3 Å². The Balaban J connectivity index is 1.63. The van der Waals surface area contributed by atoms with Gasteiger partial charge in [0.05, 0.1) is 17.3 Å². The van der Waals surface area contributed by atoms with E-state index in [1.54, 1.807) is 29.9 Å². The first-order valence-electron chi connectivity index (χ1n) is 11.6. The standard InChI is InChI=1S/C24H29ClFN7O3Si/c1-15(12-33-6-5-20(31-33)16-9-18(25)17(11-27)19(26)10-16)29-24(35)21-13-32(23(30-21)22(28)34)14-36-7-8-37(2,3)4/h5-6,9-10,13,15H,7-8,12,14H2,1-4H3,(H2,28,34)(H,29,35). The van der Waals surface area contributed by atoms with Gasteiger partial charge >= 0.3 is 0 Å². The fraction of sp³-hybridized carbons (Fsp3) is 0.375. The van der Waals surface area contributed by atoms with Crippen LogP contribution in [0.4, 0.5) is 4.39 Å². The van der Waals surface area contributed by atoms with E-state index in [-0.39, 0.29) is 34.9 Å². The molecular formula is C24H29ClFN7O3Si. The van der Waals surface area contributed by atoms with E-state index in [1.165, 1.54) is 22.9 Å². The minimum Gasteiger partial charge on any atom is -0.363 e. The van der Waals surface area contributed by atoms with Crippen molar-refractivity contribution in [1.82, 2.24) is 24.6 Å². The summed E-state index contributed by atoms with van der Waals surface area (Å²) < 4.78 is 22.8. The molecule has 0 saturated carbocycles. The molecule has 1 atom stereocenters. The number of nitrogens with two attached hydrogens (primary N) is 1. The topological polar surface area (TPSA) is 141 Å². The van der Waals surface area contributed by atoms with Crippen molar-refractivity contribution in [1.29, 1.82) is 5.26 Å². The van der Waals surface area contributed by atoms with E-state index in [4.69, 9.17) is 27.3 Å². The van der Waals surface area contributed by atoms with Crippen molar-refractivity contribution in [2.45, 2.75) is 51.9 Å². The molecular weight excluding hydrogens is 517 g/mol. The second kappa shape index (κ2) is 11.7. The number of primary amides is 1. The van der Waals surface area contributed by atoms with Gasteiger partial charge in [0.2, 0.25) is 5.82 Å². The lowest BCUT2D eigenvalue weighted by molar-refractivity contribution is 0.0800. The zero-order valence-corrected chi connectivity index (χ0v) is 22.8. The Labute approximate surface area is 220 Å². The number of ether oxygens (including phenoxy) is 1. The number of rotatable bonds is 11. The molecule has 0 spiro atoms. The van der Waals surface area contributed by atoms with Crippen molar-refractivity contribution < 1.29 is 18.7 Å². The largest absolute Gasteiger partial charge is 0.363 e. The third-order valence-corrected chi connectivity index (χ3v) is 7.39. The van der Waals surface area contributed by atoms with Crippen LogP contribution < -0.4 is 11.1 Å². The second-order valence-corrected chi connectivity index (χ2v) is 15.9. The van der Waals surface area contributed by atoms with Gasteiger partial charge in [0, 0.05) is 38.7 Å². The number of nitrogens with zero attached hydrogens (tertiary/aromatic N) is 5. The summed E-state index contributed by atoms with van der Waals surface area (Å²) >= 11 is 5.99. The van der Waals surface area contributed by atoms with Crippen LogP contribution in [0.1, 0.15) is 33.6 Å². The Morgan fingerprint density at radius 2 is 2.08 bits per heavy atom. The van der Waals surface area contributed by atoms with Crippen LogP contribution in [0.3, 0.4) is 0 Å². The zero-order valence-electron chi connectivity index (χ0n) is 21.1. The summed E-state index contributed by atoms with van der Waals surface area (Å²) in [5.74, 6) is -2.03. The molecule has 13 heteroatoms. The van der Waals surface area contributed by atoms with Crippen molar-refractivity contribution in [3.05, 3.63) is 58.5 Å². The van der Waals surface area contributed by atoms with Gasteiger partial charge in [-0.2, -0.15) is 10.4 Å². The molecule has 37 heavy (non-hydrogen) atoms. The number of hydrogen-bond donors (Lipinski definition) is 2. The van der Waals surface area contributed by atoms with Crippen molar-refractivity contribution in [3.63, 3.8) is 0 Å². The smallest absolute Gasteiger partial charge is 0.284 e. The van der Waals surface area contributed by atoms with Crippen molar-refractivity contribution in [2.75, 3.05) is 6.61 Å². The summed E-state index contributed by atoms with van der Waals surface area (Å²) in [6, 6.07) is 6.67. The molecule has 2 heterocycles. The molecule has 2 aromatic heterocycles. The van der Waals surface area contributed by atoms with Gasteiger partial charge in [0.15, 0.2) is 0 Å². The highest BCUT2D eigenvalue weighted by Crippen LogP contribution is 2.26. The average Bonchev–Trinajstić information content (AvgIpc) is 3.43. The minimum atomic E-state index is -1.27. The van der Waals surface area contributed by atoms with Gasteiger partial charge in [-0.1, -0.05) is 31.2 Å². The summed E-state index contributed by atoms with van der Waals surface area (Å²) in [4.78, 5) is 28.7.